The van der Waals surface area contributed by atoms with E-state index in [1.54, 1.807) is 0 Å². The Morgan fingerprint density at radius 3 is 1.30 bits per heavy atom. The fourth-order valence-corrected chi connectivity index (χ4v) is 10.8. The lowest BCUT2D eigenvalue weighted by atomic mass is 9.80. The highest BCUT2D eigenvalue weighted by molar-refractivity contribution is 6.28. The van der Waals surface area contributed by atoms with Crippen LogP contribution in [0.2, 0.25) is 0 Å². The molecule has 0 saturated heterocycles. The Morgan fingerprint density at radius 2 is 0.667 bits per heavy atom. The molecule has 0 spiro atoms. The minimum atomic E-state index is 1.15. The van der Waals surface area contributed by atoms with E-state index in [1.165, 1.54) is 120 Å². The van der Waals surface area contributed by atoms with Crippen LogP contribution in [0.5, 0.6) is 0 Å². The maximum atomic E-state index is 2.45. The quantitative estimate of drug-likeness (QED) is 0.121. The molecule has 1 nitrogen and oxygen atoms in total. The number of fused-ring (bicyclic) bond motifs is 11. The maximum absolute atomic E-state index is 2.45. The summed E-state index contributed by atoms with van der Waals surface area (Å²) < 4.78 is 2.42. The largest absolute Gasteiger partial charge is 0.309 e. The molecule has 1 heteroatoms. The van der Waals surface area contributed by atoms with Crippen LogP contribution in [-0.2, 0) is 0 Å². The minimum Gasteiger partial charge on any atom is -0.309 e. The van der Waals surface area contributed by atoms with Gasteiger partial charge in [-0.3, -0.25) is 0 Å². The van der Waals surface area contributed by atoms with Crippen LogP contribution in [0.4, 0.5) is 0 Å². The average Bonchev–Trinajstić information content (AvgIpc) is 3.70. The normalized spacial score (nSPS) is 11.8. The van der Waals surface area contributed by atoms with E-state index in [2.05, 4.69) is 241 Å². The molecule has 0 saturated carbocycles. The van der Waals surface area contributed by atoms with E-state index < -0.39 is 0 Å². The molecule has 0 radical (unpaired) electrons. The Morgan fingerprint density at radius 1 is 0.222 bits per heavy atom. The predicted molar refractivity (Wildman–Crippen MR) is 270 cm³/mol. The van der Waals surface area contributed by atoms with Crippen molar-refractivity contribution in [2.75, 3.05) is 0 Å². The smallest absolute Gasteiger partial charge is 0.0547 e. The summed E-state index contributed by atoms with van der Waals surface area (Å²) in [5, 5.41) is 15.1. The molecule has 63 heavy (non-hydrogen) atoms. The first-order valence-corrected chi connectivity index (χ1v) is 21.9. The van der Waals surface area contributed by atoms with Crippen LogP contribution in [-0.4, -0.2) is 4.57 Å². The Bertz CT molecular complexity index is 3860. The zero-order valence-electron chi connectivity index (χ0n) is 34.5. The highest BCUT2D eigenvalue weighted by Gasteiger charge is 2.24. The average molecular weight is 798 g/mol. The number of para-hydroxylation sites is 2. The first-order chi connectivity index (χ1) is 31.3. The summed E-state index contributed by atoms with van der Waals surface area (Å²) in [5.41, 5.74) is 13.4. The number of nitrogens with zero attached hydrogens (tertiary/aromatic N) is 1. The molecule has 1 aromatic heterocycles. The third-order valence-corrected chi connectivity index (χ3v) is 13.4. The van der Waals surface area contributed by atoms with E-state index in [1.807, 2.05) is 0 Å². The van der Waals surface area contributed by atoms with E-state index in [4.69, 9.17) is 0 Å². The van der Waals surface area contributed by atoms with Gasteiger partial charge in [-0.2, -0.15) is 0 Å². The van der Waals surface area contributed by atoms with Crippen molar-refractivity contribution in [2.45, 2.75) is 0 Å². The maximum Gasteiger partial charge on any atom is 0.0547 e. The molecule has 0 aliphatic heterocycles. The molecule has 0 unspecified atom stereocenters. The van der Waals surface area contributed by atoms with Crippen LogP contribution >= 0.6 is 0 Å². The van der Waals surface area contributed by atoms with E-state index in [9.17, 15) is 0 Å². The van der Waals surface area contributed by atoms with E-state index in [0.29, 0.717) is 0 Å². The summed E-state index contributed by atoms with van der Waals surface area (Å²) in [5.74, 6) is 0. The second-order valence-electron chi connectivity index (χ2n) is 16.7. The minimum absolute atomic E-state index is 1.15. The second-order valence-corrected chi connectivity index (χ2v) is 16.7. The Kier molecular flexibility index (Phi) is 7.98. The van der Waals surface area contributed by atoms with E-state index in [-0.39, 0.29) is 0 Å². The van der Waals surface area contributed by atoms with Crippen molar-refractivity contribution in [3.8, 4) is 50.2 Å². The molecule has 1 heterocycles. The fraction of sp³-hybridized carbons (Fsp3) is 0. The van der Waals surface area contributed by atoms with Gasteiger partial charge in [0.25, 0.3) is 0 Å². The number of aromatic nitrogens is 1. The molecule has 13 aromatic rings. The van der Waals surface area contributed by atoms with Crippen LogP contribution in [0.3, 0.4) is 0 Å². The topological polar surface area (TPSA) is 4.93 Å². The molecular weight excluding hydrogens is 759 g/mol. The van der Waals surface area contributed by atoms with Crippen LogP contribution < -0.4 is 0 Å². The van der Waals surface area contributed by atoms with Crippen molar-refractivity contribution < 1.29 is 0 Å². The summed E-state index contributed by atoms with van der Waals surface area (Å²) in [6.45, 7) is 0. The highest BCUT2D eigenvalue weighted by atomic mass is 15.0. The molecule has 12 aromatic carbocycles. The zero-order chi connectivity index (χ0) is 41.4. The lowest BCUT2D eigenvalue weighted by Gasteiger charge is -2.23. The number of benzene rings is 12. The Labute approximate surface area is 365 Å². The molecule has 0 bridgehead atoms. The summed E-state index contributed by atoms with van der Waals surface area (Å²) in [6, 6.07) is 87.4. The molecule has 0 fully saturated rings. The van der Waals surface area contributed by atoms with E-state index in [0.717, 1.165) is 5.69 Å². The number of hydrogen-bond donors (Lipinski definition) is 0. The molecule has 0 aliphatic carbocycles. The van der Waals surface area contributed by atoms with Crippen LogP contribution in [0.15, 0.2) is 237 Å². The van der Waals surface area contributed by atoms with Gasteiger partial charge >= 0.3 is 0 Å². The van der Waals surface area contributed by atoms with Gasteiger partial charge in [-0.1, -0.05) is 206 Å². The van der Waals surface area contributed by atoms with Gasteiger partial charge in [-0.25, -0.2) is 0 Å². The third kappa shape index (κ3) is 5.37. The van der Waals surface area contributed by atoms with Gasteiger partial charge < -0.3 is 4.57 Å². The fourth-order valence-electron chi connectivity index (χ4n) is 10.8. The standard InChI is InChI=1S/C62H39N/c1-3-19-40(20-4-1)43-32-17-33-54(51-34-18-36-58-60(51)55-31-15-16-35-57(55)63(58)42-21-5-2-6-22-42)61(43)62-52-29-13-11-27-49(52)59(50-28-12-14-30-53(50)62)41-37-38-48-46-25-8-7-23-44(46)45-24-9-10-26-47(45)56(48)39-41/h1-39H. The van der Waals surface area contributed by atoms with Gasteiger partial charge in [0.2, 0.25) is 0 Å². The summed E-state index contributed by atoms with van der Waals surface area (Å²) >= 11 is 0. The second kappa shape index (κ2) is 14.2. The van der Waals surface area contributed by atoms with Crippen molar-refractivity contribution in [3.05, 3.63) is 237 Å². The third-order valence-electron chi connectivity index (χ3n) is 13.4. The molecular formula is C62H39N. The van der Waals surface area contributed by atoms with Gasteiger partial charge in [0.1, 0.15) is 0 Å². The van der Waals surface area contributed by atoms with Gasteiger partial charge in [-0.05, 0) is 129 Å². The monoisotopic (exact) mass is 797 g/mol. The highest BCUT2D eigenvalue weighted by Crippen LogP contribution is 2.51. The van der Waals surface area contributed by atoms with Gasteiger partial charge in [0, 0.05) is 16.5 Å². The van der Waals surface area contributed by atoms with Crippen molar-refractivity contribution in [2.24, 2.45) is 0 Å². The van der Waals surface area contributed by atoms with Crippen molar-refractivity contribution in [1.29, 1.82) is 0 Å². The van der Waals surface area contributed by atoms with Crippen LogP contribution in [0.25, 0.3) is 126 Å². The first kappa shape index (κ1) is 35.5. The lowest BCUT2D eigenvalue weighted by Crippen LogP contribution is -1.96. The van der Waals surface area contributed by atoms with Crippen molar-refractivity contribution >= 4 is 75.7 Å². The molecule has 13 rings (SSSR count). The van der Waals surface area contributed by atoms with Crippen molar-refractivity contribution in [1.82, 2.24) is 4.57 Å². The molecule has 292 valence electrons. The molecule has 0 N–H and O–H groups in total. The zero-order valence-corrected chi connectivity index (χ0v) is 34.5. The summed E-state index contributed by atoms with van der Waals surface area (Å²) in [7, 11) is 0. The van der Waals surface area contributed by atoms with Crippen LogP contribution in [0.1, 0.15) is 0 Å². The first-order valence-electron chi connectivity index (χ1n) is 21.9. The SMILES string of the molecule is c1ccc(-c2cccc(-c3cccc4c3c3ccccc3n4-c3ccccc3)c2-c2c3ccccc3c(-c3ccc4c5ccccc5c5ccccc5c4c3)c3ccccc23)cc1. The van der Waals surface area contributed by atoms with E-state index >= 15 is 0 Å². The van der Waals surface area contributed by atoms with Crippen molar-refractivity contribution in [3.63, 3.8) is 0 Å². The van der Waals surface area contributed by atoms with Crippen LogP contribution in [0, 0.1) is 0 Å². The summed E-state index contributed by atoms with van der Waals surface area (Å²) in [6.07, 6.45) is 0. The predicted octanol–water partition coefficient (Wildman–Crippen LogP) is 17.2. The Hall–Kier alpha value is -8.26. The van der Waals surface area contributed by atoms with Gasteiger partial charge in [0.15, 0.2) is 0 Å². The lowest BCUT2D eigenvalue weighted by molar-refractivity contribution is 1.18. The number of hydrogen-bond acceptors (Lipinski definition) is 0. The summed E-state index contributed by atoms with van der Waals surface area (Å²) in [4.78, 5) is 0. The van der Waals surface area contributed by atoms with Gasteiger partial charge in [0.05, 0.1) is 11.0 Å². The molecule has 0 atom stereocenters. The number of rotatable bonds is 5. The van der Waals surface area contributed by atoms with Gasteiger partial charge in [-0.15, -0.1) is 0 Å². The molecule has 0 amide bonds. The molecule has 0 aliphatic rings. The Balaban J connectivity index is 1.15.